The van der Waals surface area contributed by atoms with Gasteiger partial charge in [0.2, 0.25) is 0 Å². The van der Waals surface area contributed by atoms with Crippen LogP contribution < -0.4 is 11.0 Å². The topological polar surface area (TPSA) is 163 Å². The van der Waals surface area contributed by atoms with Crippen molar-refractivity contribution in [3.05, 3.63) is 58.7 Å². The Kier molecular flexibility index (Phi) is 8.04. The second-order valence-electron chi connectivity index (χ2n) is 7.66. The zero-order chi connectivity index (χ0) is 25.8. The van der Waals surface area contributed by atoms with Crippen LogP contribution in [0.2, 0.25) is 0 Å². The number of aryl methyl sites for hydroxylation is 1. The lowest BCUT2D eigenvalue weighted by atomic mass is 10.1. The first kappa shape index (κ1) is 26.1. The van der Waals surface area contributed by atoms with Crippen LogP contribution in [-0.4, -0.2) is 61.5 Å². The number of ether oxygens (including phenoxy) is 3. The molecule has 1 aliphatic rings. The number of carbonyl (C=O) groups excluding carboxylic acids is 2. The average Bonchev–Trinajstić information content (AvgIpc) is 3.07. The van der Waals surface area contributed by atoms with E-state index in [2.05, 4.69) is 21.9 Å². The molecule has 3 rings (SSSR count). The molecule has 2 aromatic rings. The maximum atomic E-state index is 13.0. The van der Waals surface area contributed by atoms with E-state index in [1.165, 1.54) is 31.3 Å². The second kappa shape index (κ2) is 10.8. The highest BCUT2D eigenvalue weighted by Crippen LogP contribution is 2.31. The minimum absolute atomic E-state index is 0.0409. The molecule has 35 heavy (non-hydrogen) atoms. The van der Waals surface area contributed by atoms with Crippen LogP contribution in [0, 0.1) is 6.92 Å². The average molecular weight is 508 g/mol. The number of benzene rings is 1. The van der Waals surface area contributed by atoms with E-state index < -0.39 is 58.9 Å². The fourth-order valence-electron chi connectivity index (χ4n) is 3.33. The summed E-state index contributed by atoms with van der Waals surface area (Å²) in [5.41, 5.74) is 0.556. The van der Waals surface area contributed by atoms with Gasteiger partial charge in [-0.15, -0.1) is 0 Å². The number of anilines is 1. The molecule has 0 aliphatic carbocycles. The molecule has 0 radical (unpaired) electrons. The summed E-state index contributed by atoms with van der Waals surface area (Å²) in [4.78, 5) is 41.1. The minimum Gasteiger partial charge on any atom is -0.463 e. The Morgan fingerprint density at radius 3 is 2.49 bits per heavy atom. The van der Waals surface area contributed by atoms with E-state index in [-0.39, 0.29) is 10.7 Å². The molecule has 4 atom stereocenters. The standard InChI is InChI=1S/C22H25N3O9S/c1-5-15-10-23-22(28)25-20(15)24-21-19(32-14(4)27)18(17(33-21)11-31-13(3)26)34-35(29,30)16-8-6-12(2)7-9-16/h5-10,17-19,21H,1,11H2,2-4H3,(H2,23,24,25,28)/t17-,18+,19-,21-/m1/s1. The number of carbonyl (C=O) groups is 2. The van der Waals surface area contributed by atoms with Crippen LogP contribution in [0.4, 0.5) is 5.82 Å². The number of hydrogen-bond acceptors (Lipinski definition) is 11. The normalized spacial score (nSPS) is 21.8. The first-order valence-electron chi connectivity index (χ1n) is 10.4. The third-order valence-electron chi connectivity index (χ3n) is 4.95. The largest absolute Gasteiger partial charge is 0.463 e. The monoisotopic (exact) mass is 507 g/mol. The van der Waals surface area contributed by atoms with Gasteiger partial charge in [-0.2, -0.15) is 13.4 Å². The molecule has 0 spiro atoms. The molecule has 1 aromatic carbocycles. The van der Waals surface area contributed by atoms with Crippen LogP contribution in [0.3, 0.4) is 0 Å². The van der Waals surface area contributed by atoms with Crippen molar-refractivity contribution in [2.24, 2.45) is 0 Å². The van der Waals surface area contributed by atoms with E-state index in [1.54, 1.807) is 19.1 Å². The third kappa shape index (κ3) is 6.53. The van der Waals surface area contributed by atoms with E-state index in [0.29, 0.717) is 5.56 Å². The Morgan fingerprint density at radius 1 is 1.20 bits per heavy atom. The van der Waals surface area contributed by atoms with Gasteiger partial charge >= 0.3 is 17.6 Å². The maximum absolute atomic E-state index is 13.0. The number of H-pyrrole nitrogens is 1. The summed E-state index contributed by atoms with van der Waals surface area (Å²) in [5.74, 6) is -1.35. The molecule has 2 heterocycles. The van der Waals surface area contributed by atoms with Crippen molar-refractivity contribution in [2.45, 2.75) is 50.2 Å². The predicted molar refractivity (Wildman–Crippen MR) is 123 cm³/mol. The molecule has 0 saturated carbocycles. The van der Waals surface area contributed by atoms with Crippen LogP contribution in [0.15, 0.2) is 46.7 Å². The fraction of sp³-hybridized carbons (Fsp3) is 0.364. The van der Waals surface area contributed by atoms with E-state index in [0.717, 1.165) is 12.5 Å². The number of rotatable bonds is 9. The summed E-state index contributed by atoms with van der Waals surface area (Å²) in [5, 5.41) is 2.82. The van der Waals surface area contributed by atoms with Crippen molar-refractivity contribution in [3.8, 4) is 0 Å². The lowest BCUT2D eigenvalue weighted by molar-refractivity contribution is -0.151. The number of hydrogen-bond donors (Lipinski definition) is 2. The molecule has 2 N–H and O–H groups in total. The fourth-order valence-corrected chi connectivity index (χ4v) is 4.44. The molecule has 0 unspecified atom stereocenters. The van der Waals surface area contributed by atoms with Gasteiger partial charge in [0.1, 0.15) is 24.6 Å². The van der Waals surface area contributed by atoms with Crippen molar-refractivity contribution < 1.29 is 36.4 Å². The maximum Gasteiger partial charge on any atom is 0.346 e. The minimum atomic E-state index is -4.34. The van der Waals surface area contributed by atoms with Crippen LogP contribution in [0.25, 0.3) is 6.08 Å². The molecule has 13 heteroatoms. The number of aromatic amines is 1. The molecular weight excluding hydrogens is 482 g/mol. The highest BCUT2D eigenvalue weighted by molar-refractivity contribution is 7.86. The lowest BCUT2D eigenvalue weighted by Crippen LogP contribution is -2.43. The van der Waals surface area contributed by atoms with E-state index in [9.17, 15) is 22.8 Å². The molecule has 0 bridgehead atoms. The van der Waals surface area contributed by atoms with Gasteiger partial charge in [0.25, 0.3) is 10.1 Å². The Hall–Kier alpha value is -3.55. The van der Waals surface area contributed by atoms with Crippen LogP contribution in [-0.2, 0) is 38.1 Å². The number of esters is 2. The molecule has 1 aromatic heterocycles. The number of aromatic nitrogens is 2. The van der Waals surface area contributed by atoms with Crippen molar-refractivity contribution in [1.82, 2.24) is 9.97 Å². The second-order valence-corrected chi connectivity index (χ2v) is 9.23. The summed E-state index contributed by atoms with van der Waals surface area (Å²) in [7, 11) is -4.34. The van der Waals surface area contributed by atoms with Crippen molar-refractivity contribution in [2.75, 3.05) is 11.9 Å². The molecule has 1 aliphatic heterocycles. The van der Waals surface area contributed by atoms with Gasteiger partial charge in [-0.05, 0) is 19.1 Å². The molecular formula is C22H25N3O9S. The highest BCUT2D eigenvalue weighted by Gasteiger charge is 2.51. The van der Waals surface area contributed by atoms with Gasteiger partial charge in [0, 0.05) is 25.6 Å². The predicted octanol–water partition coefficient (Wildman–Crippen LogP) is 1.13. The van der Waals surface area contributed by atoms with E-state index >= 15 is 0 Å². The molecule has 12 nitrogen and oxygen atoms in total. The van der Waals surface area contributed by atoms with Gasteiger partial charge in [-0.25, -0.2) is 4.79 Å². The molecule has 1 saturated heterocycles. The SMILES string of the molecule is C=Cc1c[nH]c(=O)nc1N[C@@H]1O[C@H](COC(C)=O)[C@H](OS(=O)(=O)c2ccc(C)cc2)[C@H]1OC(C)=O. The zero-order valence-corrected chi connectivity index (χ0v) is 20.0. The summed E-state index contributed by atoms with van der Waals surface area (Å²) >= 11 is 0. The smallest absolute Gasteiger partial charge is 0.346 e. The van der Waals surface area contributed by atoms with Crippen molar-refractivity contribution >= 4 is 34.0 Å². The Labute approximate surface area is 201 Å². The van der Waals surface area contributed by atoms with Gasteiger partial charge in [-0.1, -0.05) is 30.4 Å². The van der Waals surface area contributed by atoms with Crippen molar-refractivity contribution in [1.29, 1.82) is 0 Å². The van der Waals surface area contributed by atoms with Gasteiger partial charge in [-0.3, -0.25) is 13.8 Å². The highest BCUT2D eigenvalue weighted by atomic mass is 32.2. The third-order valence-corrected chi connectivity index (χ3v) is 6.27. The Bertz CT molecular complexity index is 1260. The molecule has 1 fully saturated rings. The van der Waals surface area contributed by atoms with Crippen molar-refractivity contribution in [3.63, 3.8) is 0 Å². The number of nitrogens with zero attached hydrogens (tertiary/aromatic N) is 1. The first-order chi connectivity index (χ1) is 16.5. The summed E-state index contributed by atoms with van der Waals surface area (Å²) in [6.07, 6.45) is -2.34. The Balaban J connectivity index is 1.98. The summed E-state index contributed by atoms with van der Waals surface area (Å²) in [6, 6.07) is 5.94. The quantitative estimate of drug-likeness (QED) is 0.369. The molecule has 0 amide bonds. The first-order valence-corrected chi connectivity index (χ1v) is 11.9. The van der Waals surface area contributed by atoms with Gasteiger partial charge < -0.3 is 24.5 Å². The van der Waals surface area contributed by atoms with Crippen LogP contribution >= 0.6 is 0 Å². The van der Waals surface area contributed by atoms with E-state index in [4.69, 9.17) is 18.4 Å². The molecule has 188 valence electrons. The Morgan fingerprint density at radius 2 is 1.89 bits per heavy atom. The van der Waals surface area contributed by atoms with Gasteiger partial charge in [0.05, 0.1) is 4.90 Å². The lowest BCUT2D eigenvalue weighted by Gasteiger charge is -2.24. The van der Waals surface area contributed by atoms with Crippen LogP contribution in [0.5, 0.6) is 0 Å². The summed E-state index contributed by atoms with van der Waals surface area (Å²) in [6.45, 7) is 7.34. The zero-order valence-electron chi connectivity index (χ0n) is 19.2. The van der Waals surface area contributed by atoms with Gasteiger partial charge in [0.15, 0.2) is 12.3 Å². The van der Waals surface area contributed by atoms with E-state index in [1.807, 2.05) is 0 Å². The van der Waals surface area contributed by atoms with Crippen LogP contribution in [0.1, 0.15) is 25.0 Å². The summed E-state index contributed by atoms with van der Waals surface area (Å²) < 4.78 is 47.7. The number of nitrogens with one attached hydrogen (secondary N) is 2.